The molecule has 2 N–H and O–H groups in total. The third-order valence-electron chi connectivity index (χ3n) is 6.15. The Hall–Kier alpha value is -3.84. The summed E-state index contributed by atoms with van der Waals surface area (Å²) in [7, 11) is 2.08. The van der Waals surface area contributed by atoms with Crippen LogP contribution in [0.15, 0.2) is 67.3 Å². The SMILES string of the molecule is C=CCN(C)CCCCOc1ccc2c(c1)CCN2C(=O)Oc1ccc2ccccc2c1C(N)=O. The Morgan fingerprint density at radius 2 is 1.97 bits per heavy atom. The lowest BCUT2D eigenvalue weighted by Crippen LogP contribution is -2.32. The minimum absolute atomic E-state index is 0.160. The van der Waals surface area contributed by atoms with Crippen molar-refractivity contribution in [2.45, 2.75) is 19.3 Å². The molecule has 1 aliphatic rings. The largest absolute Gasteiger partial charge is 0.494 e. The molecule has 7 nitrogen and oxygen atoms in total. The van der Waals surface area contributed by atoms with Gasteiger partial charge in [0.25, 0.3) is 5.91 Å². The molecule has 0 fully saturated rings. The molecule has 3 aromatic carbocycles. The van der Waals surface area contributed by atoms with E-state index in [0.717, 1.165) is 48.3 Å². The molecule has 0 unspecified atom stereocenters. The van der Waals surface area contributed by atoms with E-state index in [-0.39, 0.29) is 11.3 Å². The number of primary amides is 1. The Morgan fingerprint density at radius 1 is 1.14 bits per heavy atom. The second-order valence-electron chi connectivity index (χ2n) is 8.69. The van der Waals surface area contributed by atoms with E-state index >= 15 is 0 Å². The summed E-state index contributed by atoms with van der Waals surface area (Å²) in [5.41, 5.74) is 7.64. The summed E-state index contributed by atoms with van der Waals surface area (Å²) in [5.74, 6) is 0.317. The Bertz CT molecular complexity index is 1240. The highest BCUT2D eigenvalue weighted by atomic mass is 16.6. The van der Waals surface area contributed by atoms with Crippen molar-refractivity contribution in [3.05, 3.63) is 78.4 Å². The molecule has 2 amide bonds. The molecule has 0 atom stereocenters. The van der Waals surface area contributed by atoms with Crippen LogP contribution < -0.4 is 20.1 Å². The van der Waals surface area contributed by atoms with E-state index in [4.69, 9.17) is 15.2 Å². The number of nitrogens with two attached hydrogens (primary N) is 1. The van der Waals surface area contributed by atoms with Gasteiger partial charge in [0.2, 0.25) is 0 Å². The van der Waals surface area contributed by atoms with Crippen molar-refractivity contribution in [2.24, 2.45) is 5.73 Å². The predicted molar refractivity (Wildman–Crippen MR) is 138 cm³/mol. The molecule has 0 aromatic heterocycles. The van der Waals surface area contributed by atoms with Crippen LogP contribution >= 0.6 is 0 Å². The van der Waals surface area contributed by atoms with Crippen molar-refractivity contribution in [1.82, 2.24) is 4.90 Å². The maximum Gasteiger partial charge on any atom is 0.419 e. The Kier molecular flexibility index (Phi) is 7.67. The second kappa shape index (κ2) is 11.1. The molecule has 0 spiro atoms. The summed E-state index contributed by atoms with van der Waals surface area (Å²) in [6, 6.07) is 16.5. The van der Waals surface area contributed by atoms with Gasteiger partial charge in [-0.1, -0.05) is 36.4 Å². The molecular weight excluding hydrogens is 442 g/mol. The van der Waals surface area contributed by atoms with E-state index in [1.807, 2.05) is 48.5 Å². The van der Waals surface area contributed by atoms with Crippen LogP contribution in [0.5, 0.6) is 11.5 Å². The summed E-state index contributed by atoms with van der Waals surface area (Å²) in [6.45, 7) is 6.78. The third-order valence-corrected chi connectivity index (χ3v) is 6.15. The zero-order valence-corrected chi connectivity index (χ0v) is 20.0. The molecule has 0 saturated heterocycles. The summed E-state index contributed by atoms with van der Waals surface area (Å²) in [5, 5.41) is 1.50. The van der Waals surface area contributed by atoms with Gasteiger partial charge in [-0.3, -0.25) is 9.69 Å². The lowest BCUT2D eigenvalue weighted by Gasteiger charge is -2.19. The number of likely N-dealkylation sites (N-methyl/N-ethyl adjacent to an activating group) is 1. The lowest BCUT2D eigenvalue weighted by atomic mass is 10.0. The Balaban J connectivity index is 1.39. The van der Waals surface area contributed by atoms with Crippen molar-refractivity contribution in [1.29, 1.82) is 0 Å². The van der Waals surface area contributed by atoms with Crippen molar-refractivity contribution in [3.63, 3.8) is 0 Å². The number of anilines is 1. The molecule has 35 heavy (non-hydrogen) atoms. The average Bonchev–Trinajstić information content (AvgIpc) is 3.27. The molecule has 7 heteroatoms. The highest BCUT2D eigenvalue weighted by molar-refractivity contribution is 6.09. The fourth-order valence-electron chi connectivity index (χ4n) is 4.38. The molecule has 182 valence electrons. The maximum absolute atomic E-state index is 13.0. The van der Waals surface area contributed by atoms with E-state index in [2.05, 4.69) is 18.5 Å². The number of hydrogen-bond acceptors (Lipinski definition) is 5. The molecule has 0 radical (unpaired) electrons. The third kappa shape index (κ3) is 5.63. The summed E-state index contributed by atoms with van der Waals surface area (Å²) < 4.78 is 11.6. The fourth-order valence-corrected chi connectivity index (χ4v) is 4.38. The molecule has 0 aliphatic carbocycles. The van der Waals surface area contributed by atoms with Gasteiger partial charge < -0.3 is 20.1 Å². The van der Waals surface area contributed by atoms with Gasteiger partial charge in [-0.15, -0.1) is 6.58 Å². The highest BCUT2D eigenvalue weighted by Gasteiger charge is 2.28. The number of carbonyl (C=O) groups excluding carboxylic acids is 2. The van der Waals surface area contributed by atoms with Crippen LogP contribution in [0.3, 0.4) is 0 Å². The zero-order chi connectivity index (χ0) is 24.8. The number of unbranched alkanes of at least 4 members (excludes halogenated alkanes) is 1. The maximum atomic E-state index is 13.0. The van der Waals surface area contributed by atoms with Gasteiger partial charge in [0.15, 0.2) is 0 Å². The summed E-state index contributed by atoms with van der Waals surface area (Å²) >= 11 is 0. The van der Waals surface area contributed by atoms with E-state index in [0.29, 0.717) is 25.0 Å². The van der Waals surface area contributed by atoms with Crippen LogP contribution in [-0.4, -0.2) is 50.2 Å². The Morgan fingerprint density at radius 3 is 2.77 bits per heavy atom. The number of ether oxygens (including phenoxy) is 2. The lowest BCUT2D eigenvalue weighted by molar-refractivity contribution is 0.0999. The van der Waals surface area contributed by atoms with Crippen LogP contribution in [0, 0.1) is 0 Å². The molecule has 1 aliphatic heterocycles. The predicted octanol–water partition coefficient (Wildman–Crippen LogP) is 4.78. The van der Waals surface area contributed by atoms with E-state index < -0.39 is 12.0 Å². The van der Waals surface area contributed by atoms with E-state index in [1.165, 1.54) is 0 Å². The van der Waals surface area contributed by atoms with Crippen molar-refractivity contribution >= 4 is 28.5 Å². The van der Waals surface area contributed by atoms with Crippen LogP contribution in [0.2, 0.25) is 0 Å². The van der Waals surface area contributed by atoms with Crippen LogP contribution in [0.1, 0.15) is 28.8 Å². The standard InChI is InChI=1S/C28H31N3O4/c1-3-15-30(2)16-6-7-18-34-22-11-12-24-21(19-22)14-17-31(24)28(33)35-25-13-10-20-8-4-5-9-23(20)26(25)27(29)32/h3-5,8-13,19H,1,6-7,14-18H2,2H3,(H2,29,32). The number of fused-ring (bicyclic) bond motifs is 2. The summed E-state index contributed by atoms with van der Waals surface area (Å²) in [4.78, 5) is 29.0. The molecule has 3 aromatic rings. The summed E-state index contributed by atoms with van der Waals surface area (Å²) in [6.07, 6.45) is 4.08. The van der Waals surface area contributed by atoms with E-state index in [1.54, 1.807) is 17.0 Å². The van der Waals surface area contributed by atoms with Gasteiger partial charge in [-0.2, -0.15) is 0 Å². The van der Waals surface area contributed by atoms with Gasteiger partial charge in [0, 0.05) is 13.1 Å². The van der Waals surface area contributed by atoms with Crippen LogP contribution in [0.4, 0.5) is 10.5 Å². The number of rotatable bonds is 10. The first kappa shape index (κ1) is 24.3. The average molecular weight is 474 g/mol. The zero-order valence-electron chi connectivity index (χ0n) is 20.0. The van der Waals surface area contributed by atoms with Crippen molar-refractivity contribution in [3.8, 4) is 11.5 Å². The quantitative estimate of drug-likeness (QED) is 0.338. The molecular formula is C28H31N3O4. The number of carbonyl (C=O) groups is 2. The molecule has 0 bridgehead atoms. The number of amides is 2. The van der Waals surface area contributed by atoms with Crippen LogP contribution in [-0.2, 0) is 6.42 Å². The molecule has 1 heterocycles. The minimum atomic E-state index is -0.638. The topological polar surface area (TPSA) is 85.1 Å². The number of benzene rings is 3. The van der Waals surface area contributed by atoms with Crippen molar-refractivity contribution < 1.29 is 19.1 Å². The first-order valence-corrected chi connectivity index (χ1v) is 11.8. The van der Waals surface area contributed by atoms with Crippen molar-refractivity contribution in [2.75, 3.05) is 38.2 Å². The van der Waals surface area contributed by atoms with Gasteiger partial charge in [-0.25, -0.2) is 4.79 Å². The molecule has 4 rings (SSSR count). The Labute approximate surface area is 205 Å². The normalized spacial score (nSPS) is 12.6. The van der Waals surface area contributed by atoms with E-state index in [9.17, 15) is 9.59 Å². The monoisotopic (exact) mass is 473 g/mol. The molecule has 0 saturated carbocycles. The smallest absolute Gasteiger partial charge is 0.419 e. The van der Waals surface area contributed by atoms with Gasteiger partial charge in [0.05, 0.1) is 17.9 Å². The second-order valence-corrected chi connectivity index (χ2v) is 8.69. The van der Waals surface area contributed by atoms with Gasteiger partial charge in [0.1, 0.15) is 11.5 Å². The van der Waals surface area contributed by atoms with Gasteiger partial charge in [-0.05, 0) is 73.5 Å². The highest BCUT2D eigenvalue weighted by Crippen LogP contribution is 2.33. The number of nitrogens with zero attached hydrogens (tertiary/aromatic N) is 2. The minimum Gasteiger partial charge on any atom is -0.494 e. The number of hydrogen-bond donors (Lipinski definition) is 1. The van der Waals surface area contributed by atoms with Gasteiger partial charge >= 0.3 is 6.09 Å². The van der Waals surface area contributed by atoms with Crippen LogP contribution in [0.25, 0.3) is 10.8 Å². The first-order chi connectivity index (χ1) is 17.0. The fraction of sp³-hybridized carbons (Fsp3) is 0.286. The first-order valence-electron chi connectivity index (χ1n) is 11.8.